The van der Waals surface area contributed by atoms with Crippen molar-refractivity contribution in [2.75, 3.05) is 18.4 Å². The van der Waals surface area contributed by atoms with Gasteiger partial charge in [0.1, 0.15) is 5.82 Å². The van der Waals surface area contributed by atoms with Crippen molar-refractivity contribution >= 4 is 11.6 Å². The molecule has 0 amide bonds. The van der Waals surface area contributed by atoms with Crippen LogP contribution in [0.25, 0.3) is 5.65 Å². The molecule has 0 aliphatic rings. The maximum absolute atomic E-state index is 13.1. The van der Waals surface area contributed by atoms with Crippen LogP contribution in [0.15, 0.2) is 18.3 Å². The van der Waals surface area contributed by atoms with Crippen LogP contribution in [-0.2, 0) is 0 Å². The fourth-order valence-corrected chi connectivity index (χ4v) is 2.34. The third-order valence-corrected chi connectivity index (χ3v) is 3.27. The highest BCUT2D eigenvalue weighted by atomic mass is 19.1. The lowest BCUT2D eigenvalue weighted by molar-refractivity contribution is 0.182. The smallest absolute Gasteiger partial charge is 0.243 e. The second-order valence-corrected chi connectivity index (χ2v) is 5.44. The van der Waals surface area contributed by atoms with E-state index in [0.717, 1.165) is 13.1 Å². The van der Waals surface area contributed by atoms with Gasteiger partial charge in [-0.1, -0.05) is 0 Å². The van der Waals surface area contributed by atoms with Crippen molar-refractivity contribution in [3.05, 3.63) is 24.1 Å². The summed E-state index contributed by atoms with van der Waals surface area (Å²) in [5.41, 5.74) is 0.637. The summed E-state index contributed by atoms with van der Waals surface area (Å²) in [4.78, 5) is 6.69. The Morgan fingerprint density at radius 1 is 1.25 bits per heavy atom. The highest BCUT2D eigenvalue weighted by molar-refractivity contribution is 5.42. The van der Waals surface area contributed by atoms with Crippen LogP contribution in [0.3, 0.4) is 0 Å². The number of hydrogen-bond donors (Lipinski definition) is 1. The fraction of sp³-hybridized carbons (Fsp3) is 0.571. The zero-order valence-corrected chi connectivity index (χ0v) is 12.5. The van der Waals surface area contributed by atoms with Gasteiger partial charge in [0, 0.05) is 25.2 Å². The predicted molar refractivity (Wildman–Crippen MR) is 78.4 cm³/mol. The van der Waals surface area contributed by atoms with E-state index in [4.69, 9.17) is 0 Å². The van der Waals surface area contributed by atoms with Gasteiger partial charge in [-0.15, -0.1) is 5.10 Å². The van der Waals surface area contributed by atoms with E-state index >= 15 is 0 Å². The van der Waals surface area contributed by atoms with Gasteiger partial charge in [0.15, 0.2) is 5.65 Å². The molecule has 2 aromatic heterocycles. The van der Waals surface area contributed by atoms with Crippen molar-refractivity contribution in [1.29, 1.82) is 0 Å². The van der Waals surface area contributed by atoms with Crippen molar-refractivity contribution in [3.8, 4) is 0 Å². The Hall–Kier alpha value is -1.69. The summed E-state index contributed by atoms with van der Waals surface area (Å²) in [6.45, 7) is 10.4. The maximum Gasteiger partial charge on any atom is 0.243 e. The first-order valence-corrected chi connectivity index (χ1v) is 6.99. The number of rotatable bonds is 6. The molecule has 110 valence electrons. The van der Waals surface area contributed by atoms with Gasteiger partial charge in [-0.05, 0) is 39.8 Å². The van der Waals surface area contributed by atoms with E-state index in [1.807, 2.05) is 0 Å². The standard InChI is InChI=1S/C14H22FN5/c1-10(2)19(11(3)4)8-7-16-14-17-13-6-5-12(15)9-20(13)18-14/h5-6,9-11H,7-8H2,1-4H3,(H,16,18). The Bertz CT molecular complexity index is 556. The van der Waals surface area contributed by atoms with Crippen LogP contribution in [0.2, 0.25) is 0 Å². The van der Waals surface area contributed by atoms with Crippen LogP contribution in [0.5, 0.6) is 0 Å². The molecule has 20 heavy (non-hydrogen) atoms. The second-order valence-electron chi connectivity index (χ2n) is 5.44. The molecule has 2 rings (SSSR count). The Balaban J connectivity index is 1.95. The van der Waals surface area contributed by atoms with Gasteiger partial charge in [-0.3, -0.25) is 4.90 Å². The number of nitrogens with one attached hydrogen (secondary N) is 1. The molecule has 5 nitrogen and oxygen atoms in total. The van der Waals surface area contributed by atoms with Gasteiger partial charge in [-0.25, -0.2) is 8.91 Å². The minimum Gasteiger partial charge on any atom is -0.352 e. The average molecular weight is 279 g/mol. The molecule has 0 bridgehead atoms. The number of nitrogens with zero attached hydrogens (tertiary/aromatic N) is 4. The van der Waals surface area contributed by atoms with Crippen molar-refractivity contribution in [2.45, 2.75) is 39.8 Å². The van der Waals surface area contributed by atoms with Crippen LogP contribution < -0.4 is 5.32 Å². The van der Waals surface area contributed by atoms with E-state index in [1.54, 1.807) is 6.07 Å². The molecule has 2 heterocycles. The molecule has 0 aliphatic carbocycles. The first-order valence-electron chi connectivity index (χ1n) is 6.99. The Kier molecular flexibility index (Phi) is 4.54. The molecular formula is C14H22FN5. The van der Waals surface area contributed by atoms with Gasteiger partial charge < -0.3 is 5.32 Å². The van der Waals surface area contributed by atoms with Gasteiger partial charge in [0.05, 0.1) is 6.20 Å². The molecule has 0 aromatic carbocycles. The number of pyridine rings is 1. The SMILES string of the molecule is CC(C)N(CCNc1nc2ccc(F)cn2n1)C(C)C. The van der Waals surface area contributed by atoms with E-state index in [0.29, 0.717) is 23.7 Å². The number of hydrogen-bond acceptors (Lipinski definition) is 4. The van der Waals surface area contributed by atoms with Crippen LogP contribution in [0, 0.1) is 5.82 Å². The number of halogens is 1. The topological polar surface area (TPSA) is 45.5 Å². The quantitative estimate of drug-likeness (QED) is 0.882. The summed E-state index contributed by atoms with van der Waals surface area (Å²) in [6, 6.07) is 4.00. The monoisotopic (exact) mass is 279 g/mol. The molecule has 0 saturated carbocycles. The molecule has 0 radical (unpaired) electrons. The van der Waals surface area contributed by atoms with E-state index in [9.17, 15) is 4.39 Å². The van der Waals surface area contributed by atoms with Crippen LogP contribution in [0.1, 0.15) is 27.7 Å². The third-order valence-electron chi connectivity index (χ3n) is 3.27. The largest absolute Gasteiger partial charge is 0.352 e. The van der Waals surface area contributed by atoms with E-state index in [1.165, 1.54) is 16.8 Å². The predicted octanol–water partition coefficient (Wildman–Crippen LogP) is 2.40. The summed E-state index contributed by atoms with van der Waals surface area (Å²) in [6.07, 6.45) is 1.32. The summed E-state index contributed by atoms with van der Waals surface area (Å²) in [5.74, 6) is 0.211. The Morgan fingerprint density at radius 3 is 2.60 bits per heavy atom. The first-order chi connectivity index (χ1) is 9.47. The summed E-state index contributed by atoms with van der Waals surface area (Å²) >= 11 is 0. The lowest BCUT2D eigenvalue weighted by atomic mass is 10.2. The zero-order valence-electron chi connectivity index (χ0n) is 12.5. The minimum atomic E-state index is -0.320. The normalized spacial score (nSPS) is 12.0. The van der Waals surface area contributed by atoms with Crippen molar-refractivity contribution in [1.82, 2.24) is 19.5 Å². The summed E-state index contributed by atoms with van der Waals surface area (Å²) in [7, 11) is 0. The van der Waals surface area contributed by atoms with Gasteiger partial charge in [0.2, 0.25) is 5.95 Å². The number of aromatic nitrogens is 3. The molecule has 0 atom stereocenters. The lowest BCUT2D eigenvalue weighted by Gasteiger charge is -2.30. The molecule has 0 unspecified atom stereocenters. The van der Waals surface area contributed by atoms with Crippen LogP contribution >= 0.6 is 0 Å². The van der Waals surface area contributed by atoms with Gasteiger partial charge in [0.25, 0.3) is 0 Å². The van der Waals surface area contributed by atoms with E-state index in [2.05, 4.69) is 48.0 Å². The Labute approximate surface area is 118 Å². The lowest BCUT2D eigenvalue weighted by Crippen LogP contribution is -2.40. The molecular weight excluding hydrogens is 257 g/mol. The zero-order chi connectivity index (χ0) is 14.7. The maximum atomic E-state index is 13.1. The highest BCUT2D eigenvalue weighted by Crippen LogP contribution is 2.08. The highest BCUT2D eigenvalue weighted by Gasteiger charge is 2.12. The van der Waals surface area contributed by atoms with Gasteiger partial charge >= 0.3 is 0 Å². The average Bonchev–Trinajstić information content (AvgIpc) is 2.75. The van der Waals surface area contributed by atoms with E-state index in [-0.39, 0.29) is 5.82 Å². The first kappa shape index (κ1) is 14.7. The van der Waals surface area contributed by atoms with Crippen LogP contribution in [0.4, 0.5) is 10.3 Å². The third kappa shape index (κ3) is 3.45. The molecule has 2 aromatic rings. The summed E-state index contributed by atoms with van der Waals surface area (Å²) < 4.78 is 14.5. The molecule has 0 saturated heterocycles. The molecule has 1 N–H and O–H groups in total. The number of fused-ring (bicyclic) bond motifs is 1. The number of anilines is 1. The molecule has 6 heteroatoms. The van der Waals surface area contributed by atoms with E-state index < -0.39 is 0 Å². The summed E-state index contributed by atoms with van der Waals surface area (Å²) in [5, 5.41) is 7.38. The minimum absolute atomic E-state index is 0.320. The second kappa shape index (κ2) is 6.17. The van der Waals surface area contributed by atoms with Gasteiger partial charge in [-0.2, -0.15) is 4.98 Å². The molecule has 0 fully saturated rings. The molecule has 0 aliphatic heterocycles. The van der Waals surface area contributed by atoms with Crippen molar-refractivity contribution in [2.24, 2.45) is 0 Å². The van der Waals surface area contributed by atoms with Crippen molar-refractivity contribution in [3.63, 3.8) is 0 Å². The Morgan fingerprint density at radius 2 is 1.95 bits per heavy atom. The molecule has 0 spiro atoms. The fourth-order valence-electron chi connectivity index (χ4n) is 2.34. The van der Waals surface area contributed by atoms with Crippen LogP contribution in [-0.4, -0.2) is 44.7 Å². The van der Waals surface area contributed by atoms with Crippen molar-refractivity contribution < 1.29 is 4.39 Å².